The van der Waals surface area contributed by atoms with E-state index in [4.69, 9.17) is 37.9 Å². The molecule has 1 N–H and O–H groups in total. The normalized spacial score (nSPS) is 13.4. The van der Waals surface area contributed by atoms with E-state index in [1.165, 1.54) is 25.3 Å². The Morgan fingerprint density at radius 2 is 1.42 bits per heavy atom. The van der Waals surface area contributed by atoms with Gasteiger partial charge < -0.3 is 37.9 Å². The van der Waals surface area contributed by atoms with Gasteiger partial charge in [0.05, 0.1) is 102 Å². The summed E-state index contributed by atoms with van der Waals surface area (Å²) in [5, 5.41) is 2.51. The number of nitrogens with one attached hydrogen (secondary N) is 1. The standard InChI is InChI=1S/C32H44N2O13S/c1-5-46-28-21-23(9-10-27(28)41-3)26(22-48(4,38)39)34-30(35)24-7-6-8-25(29(24)31(34)36)33-32(37)47-20-19-45-18-17-44-16-15-43-14-13-42-12-11-40-2/h6-10,21,26H,5,11-20,22H2,1-4H3,(H,33,37). The maximum Gasteiger partial charge on any atom is 0.411 e. The molecule has 0 aromatic heterocycles. The first kappa shape index (κ1) is 38.6. The Kier molecular flexibility index (Phi) is 16.0. The third-order valence-corrected chi connectivity index (χ3v) is 7.76. The van der Waals surface area contributed by atoms with Crippen LogP contribution in [0.5, 0.6) is 11.5 Å². The molecule has 0 bridgehead atoms. The number of fused-ring (bicyclic) bond motifs is 1. The van der Waals surface area contributed by atoms with Gasteiger partial charge in [0.25, 0.3) is 11.8 Å². The predicted molar refractivity (Wildman–Crippen MR) is 174 cm³/mol. The Labute approximate surface area is 280 Å². The number of sulfone groups is 1. The number of hydrogen-bond acceptors (Lipinski definition) is 13. The molecule has 15 nitrogen and oxygen atoms in total. The van der Waals surface area contributed by atoms with Crippen LogP contribution in [0, 0.1) is 0 Å². The van der Waals surface area contributed by atoms with Gasteiger partial charge in [0, 0.05) is 13.4 Å². The molecule has 0 saturated heterocycles. The summed E-state index contributed by atoms with van der Waals surface area (Å²) in [6, 6.07) is 7.90. The lowest BCUT2D eigenvalue weighted by atomic mass is 10.1. The van der Waals surface area contributed by atoms with Crippen LogP contribution in [0.1, 0.15) is 39.2 Å². The van der Waals surface area contributed by atoms with E-state index >= 15 is 0 Å². The number of anilines is 1. The number of rotatable bonds is 23. The predicted octanol–water partition coefficient (Wildman–Crippen LogP) is 2.74. The van der Waals surface area contributed by atoms with E-state index in [1.54, 1.807) is 32.2 Å². The fourth-order valence-corrected chi connectivity index (χ4v) is 5.62. The molecule has 48 heavy (non-hydrogen) atoms. The number of hydrogen-bond donors (Lipinski definition) is 1. The molecule has 1 unspecified atom stereocenters. The molecule has 1 aliphatic heterocycles. The van der Waals surface area contributed by atoms with Gasteiger partial charge in [-0.05, 0) is 36.8 Å². The molecule has 0 radical (unpaired) electrons. The van der Waals surface area contributed by atoms with Crippen molar-refractivity contribution in [2.45, 2.75) is 13.0 Å². The summed E-state index contributed by atoms with van der Waals surface area (Å²) >= 11 is 0. The number of nitrogens with zero attached hydrogens (tertiary/aromatic N) is 1. The number of carbonyl (C=O) groups is 3. The number of amides is 3. The summed E-state index contributed by atoms with van der Waals surface area (Å²) in [5.74, 6) is -1.27. The number of imide groups is 1. The zero-order valence-electron chi connectivity index (χ0n) is 27.7. The van der Waals surface area contributed by atoms with Crippen LogP contribution in [-0.4, -0.2) is 130 Å². The Bertz CT molecular complexity index is 1470. The Morgan fingerprint density at radius 1 is 0.812 bits per heavy atom. The van der Waals surface area contributed by atoms with Crippen LogP contribution in [0.2, 0.25) is 0 Å². The molecule has 0 aliphatic carbocycles. The highest BCUT2D eigenvalue weighted by Gasteiger charge is 2.43. The first-order valence-electron chi connectivity index (χ1n) is 15.3. The first-order chi connectivity index (χ1) is 23.1. The number of carbonyl (C=O) groups excluding carboxylic acids is 3. The van der Waals surface area contributed by atoms with E-state index < -0.39 is 39.5 Å². The Morgan fingerprint density at radius 3 is 1.98 bits per heavy atom. The van der Waals surface area contributed by atoms with Crippen LogP contribution < -0.4 is 14.8 Å². The molecule has 3 rings (SSSR count). The zero-order valence-corrected chi connectivity index (χ0v) is 28.5. The van der Waals surface area contributed by atoms with E-state index in [9.17, 15) is 22.8 Å². The van der Waals surface area contributed by atoms with Crippen molar-refractivity contribution in [2.24, 2.45) is 0 Å². The molecule has 0 spiro atoms. The summed E-state index contributed by atoms with van der Waals surface area (Å²) in [6.45, 7) is 5.50. The van der Waals surface area contributed by atoms with Crippen molar-refractivity contribution in [3.8, 4) is 11.5 Å². The first-order valence-corrected chi connectivity index (χ1v) is 17.4. The lowest BCUT2D eigenvalue weighted by Gasteiger charge is -2.27. The molecule has 3 amide bonds. The van der Waals surface area contributed by atoms with Crippen LogP contribution >= 0.6 is 0 Å². The van der Waals surface area contributed by atoms with Gasteiger partial charge in [-0.1, -0.05) is 12.1 Å². The minimum Gasteiger partial charge on any atom is -0.493 e. The summed E-state index contributed by atoms with van der Waals surface area (Å²) in [7, 11) is -0.614. The fraction of sp³-hybridized carbons (Fsp3) is 0.531. The molecule has 16 heteroatoms. The van der Waals surface area contributed by atoms with Crippen molar-refractivity contribution >= 4 is 33.4 Å². The lowest BCUT2D eigenvalue weighted by molar-refractivity contribution is -0.0109. The average molecular weight is 697 g/mol. The second kappa shape index (κ2) is 19.9. The van der Waals surface area contributed by atoms with Crippen molar-refractivity contribution in [3.63, 3.8) is 0 Å². The third-order valence-electron chi connectivity index (χ3n) is 6.84. The molecule has 0 saturated carbocycles. The van der Waals surface area contributed by atoms with E-state index in [1.807, 2.05) is 0 Å². The molecule has 266 valence electrons. The summed E-state index contributed by atoms with van der Waals surface area (Å²) in [4.78, 5) is 40.8. The summed E-state index contributed by atoms with van der Waals surface area (Å²) in [6.07, 6.45) is 0.153. The number of ether oxygens (including phenoxy) is 8. The highest BCUT2D eigenvalue weighted by atomic mass is 32.2. The minimum atomic E-state index is -3.68. The van der Waals surface area contributed by atoms with Crippen molar-refractivity contribution in [1.29, 1.82) is 0 Å². The van der Waals surface area contributed by atoms with Crippen LogP contribution in [0.25, 0.3) is 0 Å². The van der Waals surface area contributed by atoms with Crippen LogP contribution in [0.15, 0.2) is 36.4 Å². The Hall–Kier alpha value is -3.80. The largest absolute Gasteiger partial charge is 0.493 e. The fourth-order valence-electron chi connectivity index (χ4n) is 4.71. The topological polar surface area (TPSA) is 174 Å². The lowest BCUT2D eigenvalue weighted by Crippen LogP contribution is -2.37. The SMILES string of the molecule is CCOc1cc(C(CS(C)(=O)=O)N2C(=O)c3cccc(NC(=O)OCCOCCOCCOCCOCCOC)c3C2=O)ccc1OC. The van der Waals surface area contributed by atoms with E-state index in [-0.39, 0.29) is 36.6 Å². The minimum absolute atomic E-state index is 0.0130. The highest BCUT2D eigenvalue weighted by molar-refractivity contribution is 7.90. The molecule has 1 heterocycles. The van der Waals surface area contributed by atoms with Crippen molar-refractivity contribution in [3.05, 3.63) is 53.1 Å². The monoisotopic (exact) mass is 696 g/mol. The third kappa shape index (κ3) is 11.7. The van der Waals surface area contributed by atoms with Gasteiger partial charge in [-0.3, -0.25) is 19.8 Å². The highest BCUT2D eigenvalue weighted by Crippen LogP contribution is 2.38. The van der Waals surface area contributed by atoms with Gasteiger partial charge in [-0.2, -0.15) is 0 Å². The molecule has 2 aromatic carbocycles. The maximum absolute atomic E-state index is 13.8. The summed E-state index contributed by atoms with van der Waals surface area (Å²) in [5.41, 5.74) is 0.331. The Balaban J connectivity index is 1.53. The zero-order chi connectivity index (χ0) is 34.9. The average Bonchev–Trinajstić information content (AvgIpc) is 3.31. The van der Waals surface area contributed by atoms with E-state index in [2.05, 4.69) is 5.32 Å². The number of benzene rings is 2. The molecule has 2 aromatic rings. The van der Waals surface area contributed by atoms with Crippen molar-refractivity contribution in [2.75, 3.05) is 104 Å². The summed E-state index contributed by atoms with van der Waals surface area (Å²) < 4.78 is 67.5. The van der Waals surface area contributed by atoms with Crippen LogP contribution in [0.4, 0.5) is 10.5 Å². The van der Waals surface area contributed by atoms with Crippen molar-refractivity contribution < 1.29 is 60.7 Å². The van der Waals surface area contributed by atoms with E-state index in [0.29, 0.717) is 69.9 Å². The van der Waals surface area contributed by atoms with Gasteiger partial charge >= 0.3 is 6.09 Å². The van der Waals surface area contributed by atoms with Crippen LogP contribution in [0.3, 0.4) is 0 Å². The van der Waals surface area contributed by atoms with Crippen molar-refractivity contribution in [1.82, 2.24) is 4.90 Å². The maximum atomic E-state index is 13.8. The van der Waals surface area contributed by atoms with Gasteiger partial charge in [-0.15, -0.1) is 0 Å². The van der Waals surface area contributed by atoms with Gasteiger partial charge in [0.2, 0.25) is 0 Å². The second-order valence-corrected chi connectivity index (χ2v) is 12.5. The molecular weight excluding hydrogens is 652 g/mol. The van der Waals surface area contributed by atoms with Gasteiger partial charge in [-0.25, -0.2) is 13.2 Å². The van der Waals surface area contributed by atoms with Gasteiger partial charge in [0.1, 0.15) is 16.4 Å². The molecule has 1 aliphatic rings. The van der Waals surface area contributed by atoms with Gasteiger partial charge in [0.15, 0.2) is 11.5 Å². The number of methoxy groups -OCH3 is 2. The quantitative estimate of drug-likeness (QED) is 0.133. The molecular formula is C32H44N2O13S. The smallest absolute Gasteiger partial charge is 0.411 e. The molecule has 0 fully saturated rings. The van der Waals surface area contributed by atoms with Crippen LogP contribution in [-0.2, 0) is 38.3 Å². The molecule has 1 atom stereocenters. The van der Waals surface area contributed by atoms with E-state index in [0.717, 1.165) is 11.2 Å². The second-order valence-electron chi connectivity index (χ2n) is 10.4.